The zero-order valence-electron chi connectivity index (χ0n) is 15.3. The Morgan fingerprint density at radius 1 is 1.08 bits per heavy atom. The summed E-state index contributed by atoms with van der Waals surface area (Å²) in [5.74, 6) is 0.815. The highest BCUT2D eigenvalue weighted by Crippen LogP contribution is 2.19. The highest BCUT2D eigenvalue weighted by atomic mass is 16.5. The van der Waals surface area contributed by atoms with Gasteiger partial charge in [0.25, 0.3) is 5.91 Å². The highest BCUT2D eigenvalue weighted by Gasteiger charge is 2.32. The number of nitrogens with zero attached hydrogens (tertiary/aromatic N) is 2. The van der Waals surface area contributed by atoms with E-state index in [1.165, 1.54) is 0 Å². The molecule has 132 valence electrons. The first kappa shape index (κ1) is 18.3. The summed E-state index contributed by atoms with van der Waals surface area (Å²) in [6.45, 7) is 11.8. The van der Waals surface area contributed by atoms with Gasteiger partial charge in [-0.2, -0.15) is 0 Å². The molecule has 5 heteroatoms. The van der Waals surface area contributed by atoms with Crippen molar-refractivity contribution in [2.24, 2.45) is 5.41 Å². The molecule has 5 nitrogen and oxygen atoms in total. The van der Waals surface area contributed by atoms with Gasteiger partial charge in [0.05, 0.1) is 0 Å². The molecule has 1 aliphatic rings. The molecule has 1 aromatic rings. The van der Waals surface area contributed by atoms with Crippen LogP contribution in [0, 0.1) is 12.3 Å². The van der Waals surface area contributed by atoms with Gasteiger partial charge in [0.15, 0.2) is 6.10 Å². The monoisotopic (exact) mass is 332 g/mol. The molecule has 0 saturated carbocycles. The van der Waals surface area contributed by atoms with Crippen molar-refractivity contribution in [3.8, 4) is 5.75 Å². The average Bonchev–Trinajstić information content (AvgIpc) is 2.52. The van der Waals surface area contributed by atoms with E-state index in [0.717, 1.165) is 5.56 Å². The van der Waals surface area contributed by atoms with Crippen molar-refractivity contribution in [3.05, 3.63) is 29.8 Å². The van der Waals surface area contributed by atoms with Gasteiger partial charge < -0.3 is 14.5 Å². The summed E-state index contributed by atoms with van der Waals surface area (Å²) in [7, 11) is 0. The Labute approximate surface area is 144 Å². The molecule has 0 radical (unpaired) electrons. The number of carbonyl (C=O) groups is 2. The summed E-state index contributed by atoms with van der Waals surface area (Å²) in [5, 5.41) is 0. The van der Waals surface area contributed by atoms with Gasteiger partial charge in [0.2, 0.25) is 5.91 Å². The molecule has 1 fully saturated rings. The molecule has 1 unspecified atom stereocenters. The second-order valence-corrected chi connectivity index (χ2v) is 7.44. The first-order valence-electron chi connectivity index (χ1n) is 8.50. The predicted octanol–water partition coefficient (Wildman–Crippen LogP) is 2.48. The minimum atomic E-state index is -0.531. The fourth-order valence-corrected chi connectivity index (χ4v) is 2.80. The summed E-state index contributed by atoms with van der Waals surface area (Å²) >= 11 is 0. The molecule has 0 aliphatic carbocycles. The first-order chi connectivity index (χ1) is 11.2. The summed E-state index contributed by atoms with van der Waals surface area (Å²) in [4.78, 5) is 28.5. The van der Waals surface area contributed by atoms with E-state index >= 15 is 0 Å². The lowest BCUT2D eigenvalue weighted by Gasteiger charge is -2.38. The van der Waals surface area contributed by atoms with E-state index in [2.05, 4.69) is 0 Å². The normalized spacial score (nSPS) is 16.7. The molecule has 2 rings (SSSR count). The van der Waals surface area contributed by atoms with Crippen LogP contribution >= 0.6 is 0 Å². The maximum Gasteiger partial charge on any atom is 0.263 e. The smallest absolute Gasteiger partial charge is 0.263 e. The number of carbonyl (C=O) groups excluding carboxylic acids is 2. The molecule has 1 aliphatic heterocycles. The van der Waals surface area contributed by atoms with Crippen LogP contribution in [-0.2, 0) is 9.59 Å². The fourth-order valence-electron chi connectivity index (χ4n) is 2.80. The fraction of sp³-hybridized carbons (Fsp3) is 0.579. The molecular weight excluding hydrogens is 304 g/mol. The van der Waals surface area contributed by atoms with Gasteiger partial charge in [-0.05, 0) is 31.5 Å². The van der Waals surface area contributed by atoms with Crippen LogP contribution in [0.1, 0.15) is 33.3 Å². The van der Waals surface area contributed by atoms with Crippen molar-refractivity contribution in [2.45, 2.75) is 40.7 Å². The third-order valence-electron chi connectivity index (χ3n) is 4.17. The summed E-state index contributed by atoms with van der Waals surface area (Å²) < 4.78 is 5.77. The van der Waals surface area contributed by atoms with E-state index in [4.69, 9.17) is 4.74 Å². The summed E-state index contributed by atoms with van der Waals surface area (Å²) in [6, 6.07) is 7.68. The Morgan fingerprint density at radius 3 is 2.21 bits per heavy atom. The topological polar surface area (TPSA) is 49.9 Å². The van der Waals surface area contributed by atoms with Crippen molar-refractivity contribution < 1.29 is 14.3 Å². The Hall–Kier alpha value is -2.04. The van der Waals surface area contributed by atoms with E-state index < -0.39 is 6.10 Å². The molecule has 1 heterocycles. The molecular formula is C19H28N2O3. The SMILES string of the molecule is Cc1cccc(OC(C)C(=O)N2CCN(C(=O)C(C)(C)C)CC2)c1. The number of rotatable bonds is 3. The minimum absolute atomic E-state index is 0.0284. The summed E-state index contributed by atoms with van der Waals surface area (Å²) in [5.41, 5.74) is 0.717. The average molecular weight is 332 g/mol. The van der Waals surface area contributed by atoms with Gasteiger partial charge in [0, 0.05) is 31.6 Å². The lowest BCUT2D eigenvalue weighted by molar-refractivity contribution is -0.147. The van der Waals surface area contributed by atoms with Gasteiger partial charge >= 0.3 is 0 Å². The quantitative estimate of drug-likeness (QED) is 0.854. The standard InChI is InChI=1S/C19H28N2O3/c1-14-7-6-8-16(13-14)24-15(2)17(22)20-9-11-21(12-10-20)18(23)19(3,4)5/h6-8,13,15H,9-12H2,1-5H3. The van der Waals surface area contributed by atoms with E-state index in [1.54, 1.807) is 11.8 Å². The predicted molar refractivity (Wildman–Crippen MR) is 93.9 cm³/mol. The van der Waals surface area contributed by atoms with E-state index in [1.807, 2.05) is 56.9 Å². The van der Waals surface area contributed by atoms with Crippen molar-refractivity contribution in [1.82, 2.24) is 9.80 Å². The lowest BCUT2D eigenvalue weighted by atomic mass is 9.94. The van der Waals surface area contributed by atoms with Crippen LogP contribution in [0.15, 0.2) is 24.3 Å². The Morgan fingerprint density at radius 2 is 1.67 bits per heavy atom. The molecule has 0 aromatic heterocycles. The molecule has 2 amide bonds. The zero-order chi connectivity index (χ0) is 17.9. The maximum absolute atomic E-state index is 12.6. The van der Waals surface area contributed by atoms with E-state index in [0.29, 0.717) is 31.9 Å². The van der Waals surface area contributed by atoms with Crippen molar-refractivity contribution in [3.63, 3.8) is 0 Å². The van der Waals surface area contributed by atoms with E-state index in [-0.39, 0.29) is 17.2 Å². The van der Waals surface area contributed by atoms with Crippen molar-refractivity contribution in [1.29, 1.82) is 0 Å². The van der Waals surface area contributed by atoms with Gasteiger partial charge in [-0.1, -0.05) is 32.9 Å². The first-order valence-corrected chi connectivity index (χ1v) is 8.50. The largest absolute Gasteiger partial charge is 0.481 e. The second-order valence-electron chi connectivity index (χ2n) is 7.44. The van der Waals surface area contributed by atoms with Crippen LogP contribution in [0.3, 0.4) is 0 Å². The van der Waals surface area contributed by atoms with Gasteiger partial charge in [-0.15, -0.1) is 0 Å². The van der Waals surface area contributed by atoms with Gasteiger partial charge in [-0.3, -0.25) is 9.59 Å². The molecule has 1 saturated heterocycles. The number of piperazine rings is 1. The maximum atomic E-state index is 12.6. The Balaban J connectivity index is 1.89. The van der Waals surface area contributed by atoms with Crippen molar-refractivity contribution in [2.75, 3.05) is 26.2 Å². The number of ether oxygens (including phenoxy) is 1. The van der Waals surface area contributed by atoms with Crippen molar-refractivity contribution >= 4 is 11.8 Å². The Kier molecular flexibility index (Phi) is 5.52. The minimum Gasteiger partial charge on any atom is -0.481 e. The third kappa shape index (κ3) is 4.49. The number of hydrogen-bond acceptors (Lipinski definition) is 3. The molecule has 1 aromatic carbocycles. The number of hydrogen-bond donors (Lipinski definition) is 0. The molecule has 1 atom stereocenters. The van der Waals surface area contributed by atoms with Crippen LogP contribution in [0.5, 0.6) is 5.75 Å². The van der Waals surface area contributed by atoms with Crippen LogP contribution in [0.2, 0.25) is 0 Å². The highest BCUT2D eigenvalue weighted by molar-refractivity contribution is 5.83. The number of amides is 2. The van der Waals surface area contributed by atoms with Crippen LogP contribution in [-0.4, -0.2) is 53.9 Å². The van der Waals surface area contributed by atoms with Gasteiger partial charge in [-0.25, -0.2) is 0 Å². The third-order valence-corrected chi connectivity index (χ3v) is 4.17. The number of benzene rings is 1. The van der Waals surface area contributed by atoms with Gasteiger partial charge in [0.1, 0.15) is 5.75 Å². The molecule has 0 bridgehead atoms. The number of aryl methyl sites for hydroxylation is 1. The van der Waals surface area contributed by atoms with Crippen LogP contribution < -0.4 is 4.74 Å². The van der Waals surface area contributed by atoms with Crippen LogP contribution in [0.25, 0.3) is 0 Å². The molecule has 24 heavy (non-hydrogen) atoms. The second kappa shape index (κ2) is 7.24. The Bertz CT molecular complexity index is 599. The zero-order valence-corrected chi connectivity index (χ0v) is 15.3. The molecule has 0 spiro atoms. The molecule has 0 N–H and O–H groups in total. The summed E-state index contributed by atoms with van der Waals surface area (Å²) in [6.07, 6.45) is -0.531. The van der Waals surface area contributed by atoms with E-state index in [9.17, 15) is 9.59 Å². The van der Waals surface area contributed by atoms with Crippen LogP contribution in [0.4, 0.5) is 0 Å². The lowest BCUT2D eigenvalue weighted by Crippen LogP contribution is -2.55.